The van der Waals surface area contributed by atoms with Crippen molar-refractivity contribution >= 4 is 6.29 Å². The lowest BCUT2D eigenvalue weighted by Gasteiger charge is -2.16. The van der Waals surface area contributed by atoms with E-state index in [-0.39, 0.29) is 11.3 Å². The molecule has 1 rings (SSSR count). The van der Waals surface area contributed by atoms with Gasteiger partial charge in [-0.1, -0.05) is 32.9 Å². The third-order valence-electron chi connectivity index (χ3n) is 2.16. The zero-order valence-corrected chi connectivity index (χ0v) is 6.85. The van der Waals surface area contributed by atoms with E-state index in [1.54, 1.807) is 0 Å². The fraction of sp³-hybridized carbons (Fsp3) is 0.667. The van der Waals surface area contributed by atoms with Crippen molar-refractivity contribution in [3.8, 4) is 0 Å². The van der Waals surface area contributed by atoms with Crippen molar-refractivity contribution in [2.75, 3.05) is 0 Å². The average Bonchev–Trinajstić information content (AvgIpc) is 2.39. The van der Waals surface area contributed by atoms with E-state index in [1.165, 1.54) is 0 Å². The SMILES string of the molecule is C=C1[C@@H](C=O)[C@@H]1C(C)(C)C. The largest absolute Gasteiger partial charge is 0.303 e. The Morgan fingerprint density at radius 3 is 2.10 bits per heavy atom. The molecule has 0 radical (unpaired) electrons. The number of aldehydes is 1. The second-order valence-electron chi connectivity index (χ2n) is 4.08. The van der Waals surface area contributed by atoms with Crippen LogP contribution in [0.15, 0.2) is 12.2 Å². The molecule has 0 aromatic heterocycles. The van der Waals surface area contributed by atoms with E-state index >= 15 is 0 Å². The Kier molecular flexibility index (Phi) is 1.46. The van der Waals surface area contributed by atoms with Crippen LogP contribution in [0.25, 0.3) is 0 Å². The predicted molar refractivity (Wildman–Crippen MR) is 41.6 cm³/mol. The highest BCUT2D eigenvalue weighted by molar-refractivity contribution is 5.68. The summed E-state index contributed by atoms with van der Waals surface area (Å²) in [5.41, 5.74) is 1.34. The molecule has 0 unspecified atom stereocenters. The van der Waals surface area contributed by atoms with Crippen LogP contribution in [0.1, 0.15) is 20.8 Å². The van der Waals surface area contributed by atoms with Crippen molar-refractivity contribution in [2.24, 2.45) is 17.3 Å². The zero-order chi connectivity index (χ0) is 7.94. The van der Waals surface area contributed by atoms with Gasteiger partial charge in [0.2, 0.25) is 0 Å². The molecule has 0 saturated heterocycles. The van der Waals surface area contributed by atoms with Gasteiger partial charge in [0.05, 0.1) is 0 Å². The maximum atomic E-state index is 10.4. The zero-order valence-electron chi connectivity index (χ0n) is 6.85. The predicted octanol–water partition coefficient (Wildman–Crippen LogP) is 2.03. The molecule has 1 aliphatic carbocycles. The van der Waals surface area contributed by atoms with Crippen LogP contribution in [0.4, 0.5) is 0 Å². The minimum atomic E-state index is 0.153. The molecule has 1 fully saturated rings. The summed E-state index contributed by atoms with van der Waals surface area (Å²) in [5.74, 6) is 0.588. The Balaban J connectivity index is 2.65. The van der Waals surface area contributed by atoms with Crippen molar-refractivity contribution in [1.29, 1.82) is 0 Å². The molecule has 1 heteroatoms. The summed E-state index contributed by atoms with van der Waals surface area (Å²) in [7, 11) is 0. The Morgan fingerprint density at radius 2 is 2.00 bits per heavy atom. The van der Waals surface area contributed by atoms with E-state index in [9.17, 15) is 4.79 Å². The highest BCUT2D eigenvalue weighted by Gasteiger charge is 2.49. The van der Waals surface area contributed by atoms with E-state index in [2.05, 4.69) is 27.4 Å². The maximum absolute atomic E-state index is 10.4. The van der Waals surface area contributed by atoms with Crippen molar-refractivity contribution in [3.05, 3.63) is 12.2 Å². The van der Waals surface area contributed by atoms with Crippen molar-refractivity contribution in [3.63, 3.8) is 0 Å². The first-order chi connectivity index (χ1) is 4.48. The van der Waals surface area contributed by atoms with Gasteiger partial charge in [0.1, 0.15) is 6.29 Å². The van der Waals surface area contributed by atoms with Gasteiger partial charge in [-0.05, 0) is 11.3 Å². The minimum Gasteiger partial charge on any atom is -0.303 e. The Bertz CT molecular complexity index is 174. The van der Waals surface area contributed by atoms with Crippen LogP contribution < -0.4 is 0 Å². The fourth-order valence-electron chi connectivity index (χ4n) is 1.60. The summed E-state index contributed by atoms with van der Waals surface area (Å²) in [6.45, 7) is 10.3. The van der Waals surface area contributed by atoms with E-state index in [4.69, 9.17) is 0 Å². The molecule has 0 aliphatic heterocycles. The second kappa shape index (κ2) is 1.94. The van der Waals surface area contributed by atoms with Gasteiger partial charge in [-0.15, -0.1) is 0 Å². The summed E-state index contributed by atoms with van der Waals surface area (Å²) in [6.07, 6.45) is 1.01. The number of allylic oxidation sites excluding steroid dienone is 1. The lowest BCUT2D eigenvalue weighted by atomic mass is 9.89. The standard InChI is InChI=1S/C9H14O/c1-6-7(5-10)8(6)9(2,3)4/h5,7-8H,1H2,2-4H3/t7-,8-/m1/s1. The molecular formula is C9H14O. The molecule has 2 atom stereocenters. The van der Waals surface area contributed by atoms with Gasteiger partial charge in [0, 0.05) is 5.92 Å². The summed E-state index contributed by atoms with van der Waals surface area (Å²) < 4.78 is 0. The number of carbonyl (C=O) groups is 1. The third kappa shape index (κ3) is 1.00. The first-order valence-electron chi connectivity index (χ1n) is 3.62. The molecule has 0 N–H and O–H groups in total. The van der Waals surface area contributed by atoms with E-state index < -0.39 is 0 Å². The second-order valence-corrected chi connectivity index (χ2v) is 4.08. The van der Waals surface area contributed by atoms with Gasteiger partial charge in [-0.3, -0.25) is 0 Å². The number of rotatable bonds is 1. The van der Waals surface area contributed by atoms with Gasteiger partial charge in [-0.25, -0.2) is 0 Å². The molecule has 56 valence electrons. The lowest BCUT2D eigenvalue weighted by molar-refractivity contribution is -0.109. The molecular weight excluding hydrogens is 124 g/mol. The smallest absolute Gasteiger partial charge is 0.127 e. The Morgan fingerprint density at radius 1 is 1.50 bits per heavy atom. The van der Waals surface area contributed by atoms with Crippen LogP contribution in [-0.2, 0) is 4.79 Å². The molecule has 0 spiro atoms. The minimum absolute atomic E-state index is 0.153. The summed E-state index contributed by atoms with van der Waals surface area (Å²) >= 11 is 0. The van der Waals surface area contributed by atoms with Gasteiger partial charge < -0.3 is 4.79 Å². The van der Waals surface area contributed by atoms with Gasteiger partial charge in [0.15, 0.2) is 0 Å². The van der Waals surface area contributed by atoms with Gasteiger partial charge >= 0.3 is 0 Å². The number of carbonyl (C=O) groups excluding carboxylic acids is 1. The quantitative estimate of drug-likeness (QED) is 0.400. The molecule has 0 aromatic rings. The van der Waals surface area contributed by atoms with Crippen LogP contribution in [0.3, 0.4) is 0 Å². The van der Waals surface area contributed by atoms with Gasteiger partial charge in [-0.2, -0.15) is 0 Å². The van der Waals surface area contributed by atoms with Crippen molar-refractivity contribution in [2.45, 2.75) is 20.8 Å². The monoisotopic (exact) mass is 138 g/mol. The van der Waals surface area contributed by atoms with Crippen LogP contribution in [-0.4, -0.2) is 6.29 Å². The van der Waals surface area contributed by atoms with Crippen molar-refractivity contribution < 1.29 is 4.79 Å². The van der Waals surface area contributed by atoms with Crippen LogP contribution in [0.2, 0.25) is 0 Å². The Hall–Kier alpha value is -0.590. The van der Waals surface area contributed by atoms with Crippen molar-refractivity contribution in [1.82, 2.24) is 0 Å². The molecule has 0 heterocycles. The number of hydrogen-bond acceptors (Lipinski definition) is 1. The van der Waals surface area contributed by atoms with Crippen LogP contribution in [0, 0.1) is 17.3 Å². The molecule has 1 saturated carbocycles. The first-order valence-corrected chi connectivity index (χ1v) is 3.62. The molecule has 0 aromatic carbocycles. The molecule has 0 bridgehead atoms. The average molecular weight is 138 g/mol. The summed E-state index contributed by atoms with van der Waals surface area (Å²) in [5, 5.41) is 0. The molecule has 10 heavy (non-hydrogen) atoms. The fourth-order valence-corrected chi connectivity index (χ4v) is 1.60. The van der Waals surface area contributed by atoms with Crippen LogP contribution >= 0.6 is 0 Å². The van der Waals surface area contributed by atoms with Gasteiger partial charge in [0.25, 0.3) is 0 Å². The molecule has 1 aliphatic rings. The summed E-state index contributed by atoms with van der Waals surface area (Å²) in [6, 6.07) is 0. The van der Waals surface area contributed by atoms with E-state index in [0.29, 0.717) is 5.92 Å². The summed E-state index contributed by atoms with van der Waals surface area (Å²) in [4.78, 5) is 10.4. The highest BCUT2D eigenvalue weighted by Crippen LogP contribution is 2.53. The normalized spacial score (nSPS) is 32.1. The lowest BCUT2D eigenvalue weighted by Crippen LogP contribution is -2.09. The molecule has 1 nitrogen and oxygen atoms in total. The van der Waals surface area contributed by atoms with E-state index in [1.807, 2.05) is 0 Å². The highest BCUT2D eigenvalue weighted by atomic mass is 16.1. The maximum Gasteiger partial charge on any atom is 0.127 e. The topological polar surface area (TPSA) is 17.1 Å². The molecule has 0 amide bonds. The first kappa shape index (κ1) is 7.52. The van der Waals surface area contributed by atoms with E-state index in [0.717, 1.165) is 11.9 Å². The number of hydrogen-bond donors (Lipinski definition) is 0. The Labute approximate surface area is 62.1 Å². The van der Waals surface area contributed by atoms with Crippen LogP contribution in [0.5, 0.6) is 0 Å². The third-order valence-corrected chi connectivity index (χ3v) is 2.16.